The van der Waals surface area contributed by atoms with Crippen molar-refractivity contribution >= 4 is 17.9 Å². The molecule has 7 heteroatoms. The number of benzene rings is 1. The van der Waals surface area contributed by atoms with Gasteiger partial charge in [0.1, 0.15) is 5.75 Å². The highest BCUT2D eigenvalue weighted by Gasteiger charge is 2.11. The molecule has 112 valence electrons. The smallest absolute Gasteiger partial charge is 0.172 e. The van der Waals surface area contributed by atoms with Crippen molar-refractivity contribution in [2.24, 2.45) is 0 Å². The summed E-state index contributed by atoms with van der Waals surface area (Å²) in [4.78, 5) is 10.9. The number of rotatable bonds is 8. The van der Waals surface area contributed by atoms with Gasteiger partial charge in [-0.3, -0.25) is 4.79 Å². The van der Waals surface area contributed by atoms with E-state index in [0.29, 0.717) is 42.5 Å². The van der Waals surface area contributed by atoms with Gasteiger partial charge >= 0.3 is 0 Å². The lowest BCUT2D eigenvalue weighted by molar-refractivity contribution is 0.111. The van der Waals surface area contributed by atoms with Crippen molar-refractivity contribution in [3.05, 3.63) is 40.7 Å². The topological polar surface area (TPSA) is 66.2 Å². The number of hydrogen-bond acceptors (Lipinski definition) is 5. The third-order valence-corrected chi connectivity index (χ3v) is 3.11. The van der Waals surface area contributed by atoms with Gasteiger partial charge in [-0.1, -0.05) is 16.8 Å². The minimum atomic E-state index is 0.305. The van der Waals surface area contributed by atoms with Crippen LogP contribution in [0.1, 0.15) is 22.6 Å². The number of aryl methyl sites for hydroxylation is 1. The minimum absolute atomic E-state index is 0.305. The molecule has 0 fully saturated rings. The van der Waals surface area contributed by atoms with Crippen LogP contribution in [0.2, 0.25) is 5.02 Å². The van der Waals surface area contributed by atoms with Crippen LogP contribution in [-0.4, -0.2) is 35.0 Å². The molecule has 0 N–H and O–H groups in total. The van der Waals surface area contributed by atoms with E-state index in [1.807, 2.05) is 12.1 Å². The molecule has 1 aromatic carbocycles. The Morgan fingerprint density at radius 1 is 1.33 bits per heavy atom. The molecule has 0 bridgehead atoms. The van der Waals surface area contributed by atoms with E-state index in [1.165, 1.54) is 0 Å². The molecular formula is C14H16ClN3O3. The molecule has 21 heavy (non-hydrogen) atoms. The molecule has 1 aromatic heterocycles. The average molecular weight is 310 g/mol. The van der Waals surface area contributed by atoms with E-state index in [-0.39, 0.29) is 0 Å². The molecule has 0 amide bonds. The molecule has 0 saturated carbocycles. The summed E-state index contributed by atoms with van der Waals surface area (Å²) in [5.41, 5.74) is 0.995. The summed E-state index contributed by atoms with van der Waals surface area (Å²) in [6.07, 6.45) is 1.42. The molecular weight excluding hydrogens is 294 g/mol. The third-order valence-electron chi connectivity index (χ3n) is 2.86. The largest absolute Gasteiger partial charge is 0.494 e. The number of aromatic nitrogens is 3. The maximum atomic E-state index is 10.9. The maximum Gasteiger partial charge on any atom is 0.172 e. The monoisotopic (exact) mass is 309 g/mol. The van der Waals surface area contributed by atoms with Crippen LogP contribution in [-0.2, 0) is 17.9 Å². The van der Waals surface area contributed by atoms with E-state index in [0.717, 1.165) is 12.2 Å². The van der Waals surface area contributed by atoms with Crippen LogP contribution in [0.5, 0.6) is 5.75 Å². The predicted octanol–water partition coefficient (Wildman–Crippen LogP) is 2.36. The molecule has 0 aliphatic carbocycles. The number of carbonyl (C=O) groups excluding carboxylic acids is 1. The Kier molecular flexibility index (Phi) is 5.71. The number of hydrogen-bond donors (Lipinski definition) is 0. The van der Waals surface area contributed by atoms with Crippen molar-refractivity contribution in [3.8, 4) is 5.75 Å². The first-order valence-electron chi connectivity index (χ1n) is 6.49. The lowest BCUT2D eigenvalue weighted by Crippen LogP contribution is -2.10. The van der Waals surface area contributed by atoms with Crippen LogP contribution in [0.3, 0.4) is 0 Å². The molecule has 0 spiro atoms. The highest BCUT2D eigenvalue weighted by molar-refractivity contribution is 6.30. The number of halogens is 1. The normalized spacial score (nSPS) is 10.6. The molecule has 1 heterocycles. The van der Waals surface area contributed by atoms with Crippen molar-refractivity contribution < 1.29 is 14.3 Å². The zero-order chi connectivity index (χ0) is 15.1. The number of aldehydes is 1. The summed E-state index contributed by atoms with van der Waals surface area (Å²) in [7, 11) is 1.57. The van der Waals surface area contributed by atoms with E-state index in [4.69, 9.17) is 21.1 Å². The molecule has 0 aliphatic rings. The number of carbonyl (C=O) groups is 1. The first-order chi connectivity index (χ1) is 10.2. The second-order valence-electron chi connectivity index (χ2n) is 4.35. The average Bonchev–Trinajstić information content (AvgIpc) is 2.88. The van der Waals surface area contributed by atoms with Gasteiger partial charge in [-0.05, 0) is 24.3 Å². The number of ether oxygens (including phenoxy) is 2. The van der Waals surface area contributed by atoms with Gasteiger partial charge in [0.2, 0.25) is 0 Å². The van der Waals surface area contributed by atoms with Crippen molar-refractivity contribution in [1.82, 2.24) is 15.0 Å². The van der Waals surface area contributed by atoms with Gasteiger partial charge in [0.05, 0.1) is 18.9 Å². The van der Waals surface area contributed by atoms with E-state index >= 15 is 0 Å². The van der Waals surface area contributed by atoms with Gasteiger partial charge in [0, 0.05) is 25.1 Å². The van der Waals surface area contributed by atoms with E-state index < -0.39 is 0 Å². The van der Waals surface area contributed by atoms with Gasteiger partial charge in [-0.15, -0.1) is 5.10 Å². The summed E-state index contributed by atoms with van der Waals surface area (Å²) in [5.74, 6) is 0.767. The van der Waals surface area contributed by atoms with Crippen LogP contribution in [0, 0.1) is 0 Å². The highest BCUT2D eigenvalue weighted by Crippen LogP contribution is 2.15. The zero-order valence-corrected chi connectivity index (χ0v) is 12.4. The Bertz CT molecular complexity index is 584. The number of nitrogens with zero attached hydrogens (tertiary/aromatic N) is 3. The Hall–Kier alpha value is -1.92. The van der Waals surface area contributed by atoms with E-state index in [9.17, 15) is 4.79 Å². The van der Waals surface area contributed by atoms with Crippen LogP contribution < -0.4 is 4.74 Å². The molecule has 0 aliphatic heterocycles. The third kappa shape index (κ3) is 4.27. The van der Waals surface area contributed by atoms with Crippen molar-refractivity contribution in [1.29, 1.82) is 0 Å². The van der Waals surface area contributed by atoms with Crippen molar-refractivity contribution in [2.45, 2.75) is 19.6 Å². The van der Waals surface area contributed by atoms with Crippen LogP contribution in [0.15, 0.2) is 24.3 Å². The Balaban J connectivity index is 1.84. The highest BCUT2D eigenvalue weighted by atomic mass is 35.5. The lowest BCUT2D eigenvalue weighted by atomic mass is 10.3. The maximum absolute atomic E-state index is 10.9. The summed E-state index contributed by atoms with van der Waals surface area (Å²) < 4.78 is 12.3. The van der Waals surface area contributed by atoms with Crippen LogP contribution >= 0.6 is 11.6 Å². The van der Waals surface area contributed by atoms with Gasteiger partial charge < -0.3 is 9.47 Å². The minimum Gasteiger partial charge on any atom is -0.494 e. The fourth-order valence-corrected chi connectivity index (χ4v) is 1.96. The second kappa shape index (κ2) is 7.75. The second-order valence-corrected chi connectivity index (χ2v) is 4.79. The standard InChI is InChI=1S/C14H16ClN3O3/c1-20-10-14-13(9-19)16-17-18(14)7-2-8-21-12-5-3-11(15)4-6-12/h3-6,9H,2,7-8,10H2,1H3. The van der Waals surface area contributed by atoms with E-state index in [2.05, 4.69) is 10.3 Å². The lowest BCUT2D eigenvalue weighted by Gasteiger charge is -2.08. The SMILES string of the molecule is COCc1c(C=O)nnn1CCCOc1ccc(Cl)cc1. The summed E-state index contributed by atoms with van der Waals surface area (Å²) >= 11 is 5.80. The first-order valence-corrected chi connectivity index (χ1v) is 6.87. The van der Waals surface area contributed by atoms with Crippen LogP contribution in [0.25, 0.3) is 0 Å². The van der Waals surface area contributed by atoms with Crippen molar-refractivity contribution in [3.63, 3.8) is 0 Å². The molecule has 0 saturated heterocycles. The summed E-state index contributed by atoms with van der Waals surface area (Å²) in [5, 5.41) is 8.43. The molecule has 2 aromatic rings. The zero-order valence-electron chi connectivity index (χ0n) is 11.7. The van der Waals surface area contributed by atoms with Gasteiger partial charge in [-0.25, -0.2) is 4.68 Å². The van der Waals surface area contributed by atoms with E-state index in [1.54, 1.807) is 23.9 Å². The fraction of sp³-hybridized carbons (Fsp3) is 0.357. The molecule has 0 atom stereocenters. The van der Waals surface area contributed by atoms with Gasteiger partial charge in [0.15, 0.2) is 12.0 Å². The Labute approximate surface area is 127 Å². The fourth-order valence-electron chi connectivity index (χ4n) is 1.84. The molecule has 0 radical (unpaired) electrons. The summed E-state index contributed by atoms with van der Waals surface area (Å²) in [6.45, 7) is 1.44. The van der Waals surface area contributed by atoms with Crippen molar-refractivity contribution in [2.75, 3.05) is 13.7 Å². The summed E-state index contributed by atoms with van der Waals surface area (Å²) in [6, 6.07) is 7.19. The molecule has 0 unspecified atom stereocenters. The number of methoxy groups -OCH3 is 1. The predicted molar refractivity (Wildman–Crippen MR) is 77.7 cm³/mol. The van der Waals surface area contributed by atoms with Gasteiger partial charge in [0.25, 0.3) is 0 Å². The Morgan fingerprint density at radius 3 is 2.76 bits per heavy atom. The quantitative estimate of drug-likeness (QED) is 0.553. The molecule has 2 rings (SSSR count). The van der Waals surface area contributed by atoms with Crippen LogP contribution in [0.4, 0.5) is 0 Å². The molecule has 6 nitrogen and oxygen atoms in total. The Morgan fingerprint density at radius 2 is 2.10 bits per heavy atom. The van der Waals surface area contributed by atoms with Gasteiger partial charge in [-0.2, -0.15) is 0 Å². The first kappa shape index (κ1) is 15.5.